The minimum absolute atomic E-state index is 0.0808. The van der Waals surface area contributed by atoms with Crippen LogP contribution in [-0.2, 0) is 13.1 Å². The molecule has 0 spiro atoms. The number of anilines is 2. The summed E-state index contributed by atoms with van der Waals surface area (Å²) in [7, 11) is 0. The van der Waals surface area contributed by atoms with Crippen molar-refractivity contribution < 1.29 is 9.84 Å². The summed E-state index contributed by atoms with van der Waals surface area (Å²) >= 11 is 7.24. The molecule has 0 fully saturated rings. The van der Waals surface area contributed by atoms with Gasteiger partial charge in [0, 0.05) is 22.2 Å². The molecule has 4 aromatic rings. The lowest BCUT2D eigenvalue weighted by molar-refractivity contribution is 0.268. The number of rotatable bonds is 8. The van der Waals surface area contributed by atoms with E-state index in [1.807, 2.05) is 5.38 Å². The van der Waals surface area contributed by atoms with Crippen molar-refractivity contribution in [2.75, 3.05) is 11.9 Å². The SMILES string of the molecule is O=c1nc(Nc2ccc(Oc3ccsn3)cc2)n(Cc2ccc(Cl)cc2)c(=O)n1CCO. The third-order valence-corrected chi connectivity index (χ3v) is 5.27. The maximum atomic E-state index is 13.0. The van der Waals surface area contributed by atoms with Crippen LogP contribution in [0.3, 0.4) is 0 Å². The van der Waals surface area contributed by atoms with Crippen molar-refractivity contribution in [2.45, 2.75) is 13.1 Å². The number of hydrogen-bond acceptors (Lipinski definition) is 8. The lowest BCUT2D eigenvalue weighted by atomic mass is 10.2. The summed E-state index contributed by atoms with van der Waals surface area (Å²) in [6, 6.07) is 15.7. The topological polar surface area (TPSA) is 111 Å². The predicted molar refractivity (Wildman–Crippen MR) is 122 cm³/mol. The molecule has 0 atom stereocenters. The zero-order valence-electron chi connectivity index (χ0n) is 16.6. The first-order valence-corrected chi connectivity index (χ1v) is 10.8. The number of aromatic nitrogens is 4. The predicted octanol–water partition coefficient (Wildman–Crippen LogP) is 3.09. The minimum Gasteiger partial charge on any atom is -0.438 e. The zero-order valence-corrected chi connectivity index (χ0v) is 18.2. The van der Waals surface area contributed by atoms with Crippen LogP contribution in [0.5, 0.6) is 11.6 Å². The second-order valence-corrected chi connectivity index (χ2v) is 7.78. The molecule has 32 heavy (non-hydrogen) atoms. The normalized spacial score (nSPS) is 10.8. The van der Waals surface area contributed by atoms with Gasteiger partial charge in [-0.2, -0.15) is 9.36 Å². The number of aliphatic hydroxyl groups is 1. The lowest BCUT2D eigenvalue weighted by Crippen LogP contribution is -2.43. The van der Waals surface area contributed by atoms with Gasteiger partial charge in [0.15, 0.2) is 0 Å². The van der Waals surface area contributed by atoms with Crippen LogP contribution in [0.2, 0.25) is 5.02 Å². The molecule has 0 radical (unpaired) electrons. The summed E-state index contributed by atoms with van der Waals surface area (Å²) in [4.78, 5) is 29.4. The summed E-state index contributed by atoms with van der Waals surface area (Å²) < 4.78 is 12.0. The van der Waals surface area contributed by atoms with Crippen molar-refractivity contribution in [1.29, 1.82) is 0 Å². The van der Waals surface area contributed by atoms with Gasteiger partial charge in [-0.25, -0.2) is 14.2 Å². The molecule has 2 aromatic heterocycles. The fourth-order valence-corrected chi connectivity index (χ4v) is 3.51. The smallest absolute Gasteiger partial charge is 0.355 e. The van der Waals surface area contributed by atoms with E-state index in [1.165, 1.54) is 16.1 Å². The van der Waals surface area contributed by atoms with Crippen molar-refractivity contribution in [1.82, 2.24) is 18.5 Å². The van der Waals surface area contributed by atoms with Crippen molar-refractivity contribution >= 4 is 34.8 Å². The van der Waals surface area contributed by atoms with Gasteiger partial charge >= 0.3 is 11.4 Å². The first-order chi connectivity index (χ1) is 15.5. The number of halogens is 1. The lowest BCUT2D eigenvalue weighted by Gasteiger charge is -2.15. The molecule has 2 heterocycles. The van der Waals surface area contributed by atoms with Crippen LogP contribution in [0.1, 0.15) is 5.56 Å². The summed E-state index contributed by atoms with van der Waals surface area (Å²) in [6.07, 6.45) is 0. The van der Waals surface area contributed by atoms with Crippen molar-refractivity contribution in [3.05, 3.63) is 91.5 Å². The Morgan fingerprint density at radius 3 is 2.44 bits per heavy atom. The quantitative estimate of drug-likeness (QED) is 0.406. The van der Waals surface area contributed by atoms with Crippen LogP contribution in [0, 0.1) is 0 Å². The molecule has 164 valence electrons. The van der Waals surface area contributed by atoms with Gasteiger partial charge < -0.3 is 15.2 Å². The van der Waals surface area contributed by atoms with E-state index in [2.05, 4.69) is 14.7 Å². The second-order valence-electron chi connectivity index (χ2n) is 6.68. The molecule has 0 aliphatic carbocycles. The molecule has 0 saturated heterocycles. The highest BCUT2D eigenvalue weighted by Gasteiger charge is 2.14. The Kier molecular flexibility index (Phi) is 6.64. The van der Waals surface area contributed by atoms with E-state index in [0.29, 0.717) is 22.3 Å². The van der Waals surface area contributed by atoms with E-state index < -0.39 is 11.4 Å². The van der Waals surface area contributed by atoms with Crippen LogP contribution < -0.4 is 21.4 Å². The van der Waals surface area contributed by atoms with Crippen LogP contribution >= 0.6 is 23.1 Å². The van der Waals surface area contributed by atoms with Gasteiger partial charge in [0.2, 0.25) is 11.8 Å². The summed E-state index contributed by atoms with van der Waals surface area (Å²) in [6.45, 7) is -0.346. The van der Waals surface area contributed by atoms with Crippen molar-refractivity contribution in [3.63, 3.8) is 0 Å². The van der Waals surface area contributed by atoms with Crippen LogP contribution in [0.25, 0.3) is 0 Å². The highest BCUT2D eigenvalue weighted by molar-refractivity contribution is 7.03. The highest BCUT2D eigenvalue weighted by atomic mass is 35.5. The maximum Gasteiger partial charge on any atom is 0.355 e. The van der Waals surface area contributed by atoms with Crippen molar-refractivity contribution in [2.24, 2.45) is 0 Å². The van der Waals surface area contributed by atoms with Gasteiger partial charge in [0.25, 0.3) is 0 Å². The van der Waals surface area contributed by atoms with E-state index in [1.54, 1.807) is 54.6 Å². The molecule has 0 unspecified atom stereocenters. The van der Waals surface area contributed by atoms with E-state index in [-0.39, 0.29) is 25.6 Å². The van der Waals surface area contributed by atoms with Gasteiger partial charge in [-0.1, -0.05) is 23.7 Å². The van der Waals surface area contributed by atoms with E-state index in [4.69, 9.17) is 16.3 Å². The first kappa shape index (κ1) is 21.8. The zero-order chi connectivity index (χ0) is 22.5. The first-order valence-electron chi connectivity index (χ1n) is 9.56. The van der Waals surface area contributed by atoms with Gasteiger partial charge in [-0.05, 0) is 53.5 Å². The van der Waals surface area contributed by atoms with Gasteiger partial charge in [0.05, 0.1) is 19.7 Å². The fraction of sp³-hybridized carbons (Fsp3) is 0.143. The third-order valence-electron chi connectivity index (χ3n) is 4.47. The van der Waals surface area contributed by atoms with E-state index in [9.17, 15) is 14.7 Å². The number of benzene rings is 2. The number of ether oxygens (including phenoxy) is 1. The Morgan fingerprint density at radius 2 is 1.78 bits per heavy atom. The maximum absolute atomic E-state index is 13.0. The van der Waals surface area contributed by atoms with Crippen LogP contribution in [0.15, 0.2) is 69.6 Å². The Labute approximate surface area is 191 Å². The second kappa shape index (κ2) is 9.77. The molecule has 4 rings (SSSR count). The summed E-state index contributed by atoms with van der Waals surface area (Å²) in [5, 5.41) is 14.6. The molecule has 11 heteroatoms. The Morgan fingerprint density at radius 1 is 1.03 bits per heavy atom. The van der Waals surface area contributed by atoms with Gasteiger partial charge in [-0.15, -0.1) is 0 Å². The minimum atomic E-state index is -0.748. The third kappa shape index (κ3) is 5.05. The van der Waals surface area contributed by atoms with Gasteiger partial charge in [-0.3, -0.25) is 4.57 Å². The fourth-order valence-electron chi connectivity index (χ4n) is 2.94. The Hall–Kier alpha value is -3.47. The van der Waals surface area contributed by atoms with Crippen LogP contribution in [-0.4, -0.2) is 30.2 Å². The Bertz CT molecular complexity index is 1300. The molecule has 0 aliphatic rings. The monoisotopic (exact) mass is 471 g/mol. The number of hydrogen-bond donors (Lipinski definition) is 2. The summed E-state index contributed by atoms with van der Waals surface area (Å²) in [5.41, 5.74) is 0.0663. The molecule has 2 N–H and O–H groups in total. The largest absolute Gasteiger partial charge is 0.438 e. The molecule has 0 bridgehead atoms. The summed E-state index contributed by atoms with van der Waals surface area (Å²) in [5.74, 6) is 1.17. The van der Waals surface area contributed by atoms with Crippen molar-refractivity contribution in [3.8, 4) is 11.6 Å². The molecule has 9 nitrogen and oxygen atoms in total. The Balaban J connectivity index is 1.65. The molecule has 2 aromatic carbocycles. The van der Waals surface area contributed by atoms with E-state index >= 15 is 0 Å². The number of nitrogens with zero attached hydrogens (tertiary/aromatic N) is 4. The molecular formula is C21H18ClN5O4S. The highest BCUT2D eigenvalue weighted by Crippen LogP contribution is 2.23. The standard InChI is InChI=1S/C21H18ClN5O4S/c22-15-3-1-14(2-4-15)13-27-19(24-20(29)26(10-11-28)21(27)30)23-16-5-7-17(8-6-16)31-18-9-12-32-25-18/h1-9,12,28H,10-11,13H2,(H,23,24,29). The van der Waals surface area contributed by atoms with Gasteiger partial charge in [0.1, 0.15) is 5.75 Å². The number of aliphatic hydroxyl groups excluding tert-OH is 1. The number of nitrogens with one attached hydrogen (secondary N) is 1. The molecule has 0 amide bonds. The molecule has 0 saturated carbocycles. The average Bonchev–Trinajstić information content (AvgIpc) is 3.30. The van der Waals surface area contributed by atoms with Crippen LogP contribution in [0.4, 0.5) is 11.6 Å². The molecular weight excluding hydrogens is 454 g/mol. The molecule has 0 aliphatic heterocycles. The van der Waals surface area contributed by atoms with E-state index in [0.717, 1.165) is 10.1 Å². The average molecular weight is 472 g/mol.